The zero-order chi connectivity index (χ0) is 28.2. The maximum atomic E-state index is 13.8. The number of para-hydroxylation sites is 1. The maximum Gasteiger partial charge on any atom is 0.425 e. The van der Waals surface area contributed by atoms with Gasteiger partial charge in [-0.2, -0.15) is 4.98 Å². The van der Waals surface area contributed by atoms with Crippen molar-refractivity contribution in [1.82, 2.24) is 9.97 Å². The van der Waals surface area contributed by atoms with Gasteiger partial charge < -0.3 is 19.7 Å². The molecule has 1 aliphatic rings. The summed E-state index contributed by atoms with van der Waals surface area (Å²) in [5.41, 5.74) is 4.56. The molecule has 1 fully saturated rings. The number of hydrogen-bond acceptors (Lipinski definition) is 7. The van der Waals surface area contributed by atoms with Crippen molar-refractivity contribution in [1.29, 1.82) is 0 Å². The van der Waals surface area contributed by atoms with Crippen LogP contribution in [0.5, 0.6) is 5.75 Å². The third kappa shape index (κ3) is 5.83. The van der Waals surface area contributed by atoms with Crippen LogP contribution in [0.2, 0.25) is 0 Å². The molecule has 1 saturated heterocycles. The Bertz CT molecular complexity index is 1660. The van der Waals surface area contributed by atoms with Crippen molar-refractivity contribution in [3.63, 3.8) is 0 Å². The van der Waals surface area contributed by atoms with Crippen LogP contribution in [0.15, 0.2) is 97.2 Å². The number of morpholine rings is 1. The molecule has 0 bridgehead atoms. The van der Waals surface area contributed by atoms with Gasteiger partial charge in [-0.05, 0) is 72.1 Å². The van der Waals surface area contributed by atoms with Gasteiger partial charge in [-0.1, -0.05) is 48.5 Å². The Morgan fingerprint density at radius 2 is 1.61 bits per heavy atom. The fourth-order valence-electron chi connectivity index (χ4n) is 5.08. The molecule has 1 N–H and O–H groups in total. The van der Waals surface area contributed by atoms with E-state index in [4.69, 9.17) is 14.5 Å². The van der Waals surface area contributed by atoms with E-state index in [1.54, 1.807) is 18.3 Å². The predicted molar refractivity (Wildman–Crippen MR) is 163 cm³/mol. The van der Waals surface area contributed by atoms with Gasteiger partial charge in [-0.25, -0.2) is 14.7 Å². The van der Waals surface area contributed by atoms with E-state index in [0.717, 1.165) is 65.3 Å². The highest BCUT2D eigenvalue weighted by atomic mass is 16.6. The monoisotopic (exact) mass is 545 g/mol. The van der Waals surface area contributed by atoms with E-state index in [1.807, 2.05) is 80.6 Å². The van der Waals surface area contributed by atoms with Gasteiger partial charge in [0.05, 0.1) is 18.9 Å². The highest BCUT2D eigenvalue weighted by Crippen LogP contribution is 2.33. The fraction of sp³-hybridized carbons (Fsp3) is 0.182. The zero-order valence-electron chi connectivity index (χ0n) is 23.1. The number of anilines is 5. The van der Waals surface area contributed by atoms with Crippen LogP contribution in [0.25, 0.3) is 10.8 Å². The second kappa shape index (κ2) is 11.7. The smallest absolute Gasteiger partial charge is 0.410 e. The molecule has 0 atom stereocenters. The standard InChI is InChI=1S/C33H31N5O3/c1-23-6-5-7-24(2)31(23)38(33(39)41-29-15-10-25-8-3-4-9-26(25)22-29)30-16-17-34-32(36-30)35-27-11-13-28(14-12-27)37-18-20-40-21-19-37/h3-17,22H,18-21H2,1-2H3,(H,34,35,36). The summed E-state index contributed by atoms with van der Waals surface area (Å²) in [7, 11) is 0. The number of aryl methyl sites for hydroxylation is 2. The van der Waals surface area contributed by atoms with E-state index in [0.29, 0.717) is 17.5 Å². The highest BCUT2D eigenvalue weighted by Gasteiger charge is 2.25. The van der Waals surface area contributed by atoms with Crippen molar-refractivity contribution >= 4 is 45.7 Å². The lowest BCUT2D eigenvalue weighted by atomic mass is 10.1. The number of amides is 1. The first-order chi connectivity index (χ1) is 20.0. The first-order valence-electron chi connectivity index (χ1n) is 13.6. The Kier molecular flexibility index (Phi) is 7.47. The van der Waals surface area contributed by atoms with Crippen molar-refractivity contribution in [3.8, 4) is 5.75 Å². The highest BCUT2D eigenvalue weighted by molar-refractivity contribution is 5.98. The second-order valence-corrected chi connectivity index (χ2v) is 9.96. The van der Waals surface area contributed by atoms with Crippen LogP contribution in [0.4, 0.5) is 33.6 Å². The van der Waals surface area contributed by atoms with E-state index >= 15 is 0 Å². The number of ether oxygens (including phenoxy) is 2. The van der Waals surface area contributed by atoms with Gasteiger partial charge in [0.15, 0.2) is 0 Å². The second-order valence-electron chi connectivity index (χ2n) is 9.96. The fourth-order valence-corrected chi connectivity index (χ4v) is 5.08. The minimum atomic E-state index is -0.558. The first kappa shape index (κ1) is 26.3. The molecule has 8 nitrogen and oxygen atoms in total. The molecule has 0 radical (unpaired) electrons. The molecule has 5 aromatic rings. The van der Waals surface area contributed by atoms with Gasteiger partial charge in [-0.3, -0.25) is 0 Å². The maximum absolute atomic E-state index is 13.8. The average Bonchev–Trinajstić information content (AvgIpc) is 3.00. The Hall–Kier alpha value is -4.95. The molecule has 1 aliphatic heterocycles. The molecule has 41 heavy (non-hydrogen) atoms. The van der Waals surface area contributed by atoms with E-state index < -0.39 is 6.09 Å². The third-order valence-corrected chi connectivity index (χ3v) is 7.14. The van der Waals surface area contributed by atoms with E-state index in [1.165, 1.54) is 4.90 Å². The number of nitrogens with one attached hydrogen (secondary N) is 1. The largest absolute Gasteiger partial charge is 0.425 e. The molecule has 206 valence electrons. The van der Waals surface area contributed by atoms with Crippen molar-refractivity contribution < 1.29 is 14.3 Å². The van der Waals surface area contributed by atoms with Crippen LogP contribution in [0, 0.1) is 13.8 Å². The average molecular weight is 546 g/mol. The predicted octanol–water partition coefficient (Wildman–Crippen LogP) is 7.16. The van der Waals surface area contributed by atoms with Crippen LogP contribution in [0.1, 0.15) is 11.1 Å². The van der Waals surface area contributed by atoms with Crippen molar-refractivity contribution in [3.05, 3.63) is 108 Å². The molecule has 1 aromatic heterocycles. The lowest BCUT2D eigenvalue weighted by Crippen LogP contribution is -2.36. The summed E-state index contributed by atoms with van der Waals surface area (Å²) in [6.07, 6.45) is 1.08. The number of hydrogen-bond donors (Lipinski definition) is 1. The van der Waals surface area contributed by atoms with Crippen LogP contribution in [0.3, 0.4) is 0 Å². The van der Waals surface area contributed by atoms with Gasteiger partial charge >= 0.3 is 6.09 Å². The molecular formula is C33H31N5O3. The van der Waals surface area contributed by atoms with E-state index in [9.17, 15) is 4.79 Å². The van der Waals surface area contributed by atoms with Gasteiger partial charge in [-0.15, -0.1) is 0 Å². The van der Waals surface area contributed by atoms with E-state index in [2.05, 4.69) is 27.3 Å². The molecule has 8 heteroatoms. The molecule has 6 rings (SSSR count). The molecule has 1 amide bonds. The normalized spacial score (nSPS) is 13.2. The number of carbonyl (C=O) groups is 1. The van der Waals surface area contributed by atoms with Gasteiger partial charge in [0.1, 0.15) is 11.6 Å². The Morgan fingerprint density at radius 1 is 0.878 bits per heavy atom. The number of rotatable bonds is 6. The molecule has 0 spiro atoms. The number of aromatic nitrogens is 2. The van der Waals surface area contributed by atoms with Gasteiger partial charge in [0.25, 0.3) is 0 Å². The molecular weight excluding hydrogens is 514 g/mol. The number of carbonyl (C=O) groups excluding carboxylic acids is 1. The summed E-state index contributed by atoms with van der Waals surface area (Å²) in [4.78, 5) is 26.8. The molecule has 4 aromatic carbocycles. The topological polar surface area (TPSA) is 79.8 Å². The SMILES string of the molecule is Cc1cccc(C)c1N(C(=O)Oc1ccc2ccccc2c1)c1ccnc(Nc2ccc(N3CCOCC3)cc2)n1. The Labute approximate surface area is 239 Å². The number of nitrogens with zero attached hydrogens (tertiary/aromatic N) is 4. The zero-order valence-corrected chi connectivity index (χ0v) is 23.1. The van der Waals surface area contributed by atoms with Crippen LogP contribution in [-0.2, 0) is 4.74 Å². The minimum absolute atomic E-state index is 0.372. The summed E-state index contributed by atoms with van der Waals surface area (Å²) >= 11 is 0. The lowest BCUT2D eigenvalue weighted by molar-refractivity contribution is 0.122. The molecule has 0 saturated carbocycles. The summed E-state index contributed by atoms with van der Waals surface area (Å²) in [5.74, 6) is 1.23. The lowest BCUT2D eigenvalue weighted by Gasteiger charge is -2.28. The van der Waals surface area contributed by atoms with Gasteiger partial charge in [0, 0.05) is 36.7 Å². The quantitative estimate of drug-likeness (QED) is 0.242. The molecule has 2 heterocycles. The number of benzene rings is 4. The summed E-state index contributed by atoms with van der Waals surface area (Å²) in [5, 5.41) is 5.34. The Morgan fingerprint density at radius 3 is 2.37 bits per heavy atom. The van der Waals surface area contributed by atoms with E-state index in [-0.39, 0.29) is 0 Å². The molecule has 0 unspecified atom stereocenters. The molecule has 0 aliphatic carbocycles. The van der Waals surface area contributed by atoms with Crippen LogP contribution in [-0.4, -0.2) is 42.4 Å². The third-order valence-electron chi connectivity index (χ3n) is 7.14. The minimum Gasteiger partial charge on any atom is -0.410 e. The summed E-state index contributed by atoms with van der Waals surface area (Å²) in [6.45, 7) is 7.16. The summed E-state index contributed by atoms with van der Waals surface area (Å²) in [6, 6.07) is 29.3. The summed E-state index contributed by atoms with van der Waals surface area (Å²) < 4.78 is 11.4. The van der Waals surface area contributed by atoms with Crippen LogP contribution >= 0.6 is 0 Å². The van der Waals surface area contributed by atoms with Crippen molar-refractivity contribution in [2.24, 2.45) is 0 Å². The first-order valence-corrected chi connectivity index (χ1v) is 13.6. The van der Waals surface area contributed by atoms with Crippen molar-refractivity contribution in [2.45, 2.75) is 13.8 Å². The van der Waals surface area contributed by atoms with Crippen LogP contribution < -0.4 is 19.9 Å². The van der Waals surface area contributed by atoms with Gasteiger partial charge in [0.2, 0.25) is 5.95 Å². The Balaban J connectivity index is 1.29. The van der Waals surface area contributed by atoms with Crippen molar-refractivity contribution in [2.75, 3.05) is 41.4 Å². The number of fused-ring (bicyclic) bond motifs is 1.